The fourth-order valence-electron chi connectivity index (χ4n) is 1.60. The standard InChI is InChI=1S/C10H14ClN3.ClH/c11-10-2-1-8(6-14-10)5-13-9-3-4-12-7-9;/h1-2,6,9,12-13H,3-5,7H2;1H. The molecular formula is C10H15Cl2N3. The Labute approximate surface area is 101 Å². The zero-order chi connectivity index (χ0) is 9.80. The van der Waals surface area contributed by atoms with Crippen LogP contribution in [0, 0.1) is 0 Å². The van der Waals surface area contributed by atoms with Crippen molar-refractivity contribution >= 4 is 24.0 Å². The Hall–Kier alpha value is -0.350. The van der Waals surface area contributed by atoms with E-state index in [4.69, 9.17) is 11.6 Å². The molecule has 2 heterocycles. The largest absolute Gasteiger partial charge is 0.315 e. The normalized spacial score (nSPS) is 19.9. The van der Waals surface area contributed by atoms with Gasteiger partial charge in [0.15, 0.2) is 0 Å². The van der Waals surface area contributed by atoms with Crippen LogP contribution in [0.1, 0.15) is 12.0 Å². The van der Waals surface area contributed by atoms with Crippen molar-refractivity contribution in [2.45, 2.75) is 19.0 Å². The molecule has 1 saturated heterocycles. The molecule has 2 rings (SSSR count). The van der Waals surface area contributed by atoms with Gasteiger partial charge in [-0.2, -0.15) is 0 Å². The second-order valence-corrected chi connectivity index (χ2v) is 3.95. The summed E-state index contributed by atoms with van der Waals surface area (Å²) in [5.74, 6) is 0. The van der Waals surface area contributed by atoms with E-state index in [2.05, 4.69) is 15.6 Å². The highest BCUT2D eigenvalue weighted by Crippen LogP contribution is 2.06. The lowest BCUT2D eigenvalue weighted by atomic mass is 10.2. The molecule has 3 nitrogen and oxygen atoms in total. The number of aromatic nitrogens is 1. The molecule has 0 radical (unpaired) electrons. The minimum absolute atomic E-state index is 0. The third-order valence-electron chi connectivity index (χ3n) is 2.44. The van der Waals surface area contributed by atoms with E-state index in [0.29, 0.717) is 11.2 Å². The third kappa shape index (κ3) is 3.95. The van der Waals surface area contributed by atoms with Crippen molar-refractivity contribution in [1.82, 2.24) is 15.6 Å². The maximum atomic E-state index is 5.70. The molecule has 0 aliphatic carbocycles. The Bertz CT molecular complexity index is 283. The van der Waals surface area contributed by atoms with E-state index in [0.717, 1.165) is 19.6 Å². The van der Waals surface area contributed by atoms with Gasteiger partial charge in [0.05, 0.1) is 0 Å². The van der Waals surface area contributed by atoms with Crippen LogP contribution in [0.25, 0.3) is 0 Å². The van der Waals surface area contributed by atoms with Crippen LogP contribution in [0.4, 0.5) is 0 Å². The number of hydrogen-bond acceptors (Lipinski definition) is 3. The Morgan fingerprint density at radius 1 is 1.53 bits per heavy atom. The summed E-state index contributed by atoms with van der Waals surface area (Å²) in [6.45, 7) is 3.06. The highest BCUT2D eigenvalue weighted by Gasteiger charge is 2.12. The van der Waals surface area contributed by atoms with Crippen molar-refractivity contribution in [3.05, 3.63) is 29.0 Å². The van der Waals surface area contributed by atoms with E-state index >= 15 is 0 Å². The molecule has 2 N–H and O–H groups in total. The van der Waals surface area contributed by atoms with Gasteiger partial charge >= 0.3 is 0 Å². The summed E-state index contributed by atoms with van der Waals surface area (Å²) in [5, 5.41) is 7.34. The molecule has 0 spiro atoms. The third-order valence-corrected chi connectivity index (χ3v) is 2.67. The maximum absolute atomic E-state index is 5.70. The predicted molar refractivity (Wildman–Crippen MR) is 64.6 cm³/mol. The number of nitrogens with one attached hydrogen (secondary N) is 2. The van der Waals surface area contributed by atoms with Crippen LogP contribution in [0.3, 0.4) is 0 Å². The van der Waals surface area contributed by atoms with Crippen molar-refractivity contribution < 1.29 is 0 Å². The molecule has 0 aromatic carbocycles. The zero-order valence-electron chi connectivity index (χ0n) is 8.37. The van der Waals surface area contributed by atoms with Crippen LogP contribution in [-0.4, -0.2) is 24.1 Å². The van der Waals surface area contributed by atoms with Gasteiger partial charge in [0.2, 0.25) is 0 Å². The highest BCUT2D eigenvalue weighted by molar-refractivity contribution is 6.29. The molecule has 5 heteroatoms. The van der Waals surface area contributed by atoms with Crippen molar-refractivity contribution in [3.8, 4) is 0 Å². The van der Waals surface area contributed by atoms with Crippen molar-refractivity contribution in [2.75, 3.05) is 13.1 Å². The Morgan fingerprint density at radius 3 is 3.00 bits per heavy atom. The van der Waals surface area contributed by atoms with Crippen LogP contribution in [-0.2, 0) is 6.54 Å². The second-order valence-electron chi connectivity index (χ2n) is 3.56. The summed E-state index contributed by atoms with van der Waals surface area (Å²) >= 11 is 5.70. The number of hydrogen-bond donors (Lipinski definition) is 2. The van der Waals surface area contributed by atoms with Gasteiger partial charge in [0.1, 0.15) is 5.15 Å². The molecule has 1 aromatic heterocycles. The molecule has 1 aromatic rings. The highest BCUT2D eigenvalue weighted by atomic mass is 35.5. The Morgan fingerprint density at radius 2 is 2.40 bits per heavy atom. The SMILES string of the molecule is Cl.Clc1ccc(CNC2CCNC2)cn1. The lowest BCUT2D eigenvalue weighted by Gasteiger charge is -2.10. The van der Waals surface area contributed by atoms with E-state index in [9.17, 15) is 0 Å². The molecule has 1 unspecified atom stereocenters. The number of pyridine rings is 1. The first-order valence-corrected chi connectivity index (χ1v) is 5.27. The monoisotopic (exact) mass is 247 g/mol. The Kier molecular flexibility index (Phi) is 5.32. The van der Waals surface area contributed by atoms with Crippen molar-refractivity contribution in [1.29, 1.82) is 0 Å². The lowest BCUT2D eigenvalue weighted by Crippen LogP contribution is -2.30. The average Bonchev–Trinajstić information content (AvgIpc) is 2.70. The van der Waals surface area contributed by atoms with E-state index in [1.165, 1.54) is 12.0 Å². The van der Waals surface area contributed by atoms with Gasteiger partial charge in [-0.1, -0.05) is 17.7 Å². The maximum Gasteiger partial charge on any atom is 0.129 e. The number of halogens is 2. The first-order valence-electron chi connectivity index (χ1n) is 4.89. The topological polar surface area (TPSA) is 37.0 Å². The lowest BCUT2D eigenvalue weighted by molar-refractivity contribution is 0.547. The molecule has 0 saturated carbocycles. The van der Waals surface area contributed by atoms with E-state index < -0.39 is 0 Å². The molecule has 84 valence electrons. The van der Waals surface area contributed by atoms with E-state index in [1.807, 2.05) is 18.3 Å². The number of rotatable bonds is 3. The number of nitrogens with zero attached hydrogens (tertiary/aromatic N) is 1. The van der Waals surface area contributed by atoms with Gasteiger partial charge in [0.25, 0.3) is 0 Å². The second kappa shape index (κ2) is 6.28. The molecular weight excluding hydrogens is 233 g/mol. The minimum atomic E-state index is 0. The summed E-state index contributed by atoms with van der Waals surface area (Å²) in [5.41, 5.74) is 1.18. The van der Waals surface area contributed by atoms with Crippen LogP contribution >= 0.6 is 24.0 Å². The molecule has 1 aliphatic heterocycles. The summed E-state index contributed by atoms with van der Waals surface area (Å²) in [6.07, 6.45) is 3.03. The molecule has 1 atom stereocenters. The summed E-state index contributed by atoms with van der Waals surface area (Å²) < 4.78 is 0. The molecule has 0 bridgehead atoms. The van der Waals surface area contributed by atoms with E-state index in [1.54, 1.807) is 0 Å². The summed E-state index contributed by atoms with van der Waals surface area (Å²) in [7, 11) is 0. The fourth-order valence-corrected chi connectivity index (χ4v) is 1.71. The van der Waals surface area contributed by atoms with Crippen LogP contribution in [0.2, 0.25) is 5.15 Å². The first kappa shape index (κ1) is 12.7. The zero-order valence-corrected chi connectivity index (χ0v) is 9.94. The Balaban J connectivity index is 0.00000112. The van der Waals surface area contributed by atoms with Gasteiger partial charge in [0, 0.05) is 25.3 Å². The van der Waals surface area contributed by atoms with Gasteiger partial charge in [-0.15, -0.1) is 12.4 Å². The fraction of sp³-hybridized carbons (Fsp3) is 0.500. The van der Waals surface area contributed by atoms with Gasteiger partial charge in [-0.05, 0) is 24.6 Å². The van der Waals surface area contributed by atoms with Gasteiger partial charge < -0.3 is 10.6 Å². The molecule has 0 amide bonds. The predicted octanol–water partition coefficient (Wildman–Crippen LogP) is 1.61. The van der Waals surface area contributed by atoms with Gasteiger partial charge in [-0.3, -0.25) is 0 Å². The van der Waals surface area contributed by atoms with Crippen molar-refractivity contribution in [3.63, 3.8) is 0 Å². The quantitative estimate of drug-likeness (QED) is 0.798. The van der Waals surface area contributed by atoms with Crippen molar-refractivity contribution in [2.24, 2.45) is 0 Å². The average molecular weight is 248 g/mol. The first-order chi connectivity index (χ1) is 6.84. The molecule has 1 fully saturated rings. The smallest absolute Gasteiger partial charge is 0.129 e. The molecule has 1 aliphatic rings. The van der Waals surface area contributed by atoms with Crippen LogP contribution < -0.4 is 10.6 Å². The van der Waals surface area contributed by atoms with Gasteiger partial charge in [-0.25, -0.2) is 4.98 Å². The van der Waals surface area contributed by atoms with E-state index in [-0.39, 0.29) is 12.4 Å². The molecule has 15 heavy (non-hydrogen) atoms. The summed E-state index contributed by atoms with van der Waals surface area (Å²) in [4.78, 5) is 4.03. The summed E-state index contributed by atoms with van der Waals surface area (Å²) in [6, 6.07) is 4.43. The van der Waals surface area contributed by atoms with Crippen LogP contribution in [0.5, 0.6) is 0 Å². The minimum Gasteiger partial charge on any atom is -0.315 e. The van der Waals surface area contributed by atoms with Crippen LogP contribution in [0.15, 0.2) is 18.3 Å².